The van der Waals surface area contributed by atoms with Crippen LogP contribution >= 0.6 is 0 Å². The van der Waals surface area contributed by atoms with Crippen molar-refractivity contribution in [2.75, 3.05) is 0 Å². The lowest BCUT2D eigenvalue weighted by Gasteiger charge is -2.31. The van der Waals surface area contributed by atoms with Gasteiger partial charge in [0.2, 0.25) is 0 Å². The van der Waals surface area contributed by atoms with E-state index in [-0.39, 0.29) is 0 Å². The SMILES string of the molecule is N#CC1(O)CC2CCC(C1)N2. The second kappa shape index (κ2) is 2.20. The molecule has 11 heavy (non-hydrogen) atoms. The van der Waals surface area contributed by atoms with Gasteiger partial charge in [-0.05, 0) is 12.8 Å². The van der Waals surface area contributed by atoms with Crippen LogP contribution in [0.3, 0.4) is 0 Å². The van der Waals surface area contributed by atoms with Gasteiger partial charge in [-0.1, -0.05) is 0 Å². The van der Waals surface area contributed by atoms with Gasteiger partial charge in [0.1, 0.15) is 0 Å². The van der Waals surface area contributed by atoms with Crippen LogP contribution in [0.15, 0.2) is 0 Å². The van der Waals surface area contributed by atoms with Crippen LogP contribution < -0.4 is 5.32 Å². The van der Waals surface area contributed by atoms with Gasteiger partial charge in [0.05, 0.1) is 6.07 Å². The number of rotatable bonds is 0. The number of piperidine rings is 1. The molecule has 2 heterocycles. The normalized spacial score (nSPS) is 48.7. The maximum absolute atomic E-state index is 9.66. The second-order valence-corrected chi connectivity index (χ2v) is 3.69. The summed E-state index contributed by atoms with van der Waals surface area (Å²) < 4.78 is 0. The third-order valence-corrected chi connectivity index (χ3v) is 2.71. The van der Waals surface area contributed by atoms with E-state index in [1.807, 2.05) is 6.07 Å². The van der Waals surface area contributed by atoms with E-state index in [0.29, 0.717) is 24.9 Å². The topological polar surface area (TPSA) is 56.0 Å². The molecular weight excluding hydrogens is 140 g/mol. The summed E-state index contributed by atoms with van der Waals surface area (Å²) in [6.07, 6.45) is 3.46. The van der Waals surface area contributed by atoms with Crippen molar-refractivity contribution in [1.29, 1.82) is 5.26 Å². The lowest BCUT2D eigenvalue weighted by atomic mass is 9.89. The smallest absolute Gasteiger partial charge is 0.154 e. The van der Waals surface area contributed by atoms with E-state index in [2.05, 4.69) is 5.32 Å². The lowest BCUT2D eigenvalue weighted by molar-refractivity contribution is 0.0460. The Morgan fingerprint density at radius 1 is 1.36 bits per heavy atom. The molecule has 2 rings (SSSR count). The van der Waals surface area contributed by atoms with Crippen LogP contribution in [0, 0.1) is 11.3 Å². The summed E-state index contributed by atoms with van der Waals surface area (Å²) in [5.74, 6) is 0. The molecule has 2 N–H and O–H groups in total. The highest BCUT2D eigenvalue weighted by Gasteiger charge is 2.42. The van der Waals surface area contributed by atoms with E-state index in [1.165, 1.54) is 0 Å². The Morgan fingerprint density at radius 3 is 2.36 bits per heavy atom. The van der Waals surface area contributed by atoms with Crippen LogP contribution in [0.2, 0.25) is 0 Å². The van der Waals surface area contributed by atoms with E-state index in [9.17, 15) is 5.11 Å². The van der Waals surface area contributed by atoms with Crippen molar-refractivity contribution >= 4 is 0 Å². The molecule has 2 fully saturated rings. The van der Waals surface area contributed by atoms with Gasteiger partial charge in [0.15, 0.2) is 5.60 Å². The fraction of sp³-hybridized carbons (Fsp3) is 0.875. The first-order valence-corrected chi connectivity index (χ1v) is 4.11. The molecule has 3 nitrogen and oxygen atoms in total. The highest BCUT2D eigenvalue weighted by atomic mass is 16.3. The molecule has 2 atom stereocenters. The molecule has 0 saturated carbocycles. The highest BCUT2D eigenvalue weighted by molar-refractivity contribution is 5.10. The molecule has 60 valence electrons. The minimum atomic E-state index is -1.03. The van der Waals surface area contributed by atoms with E-state index in [1.54, 1.807) is 0 Å². The van der Waals surface area contributed by atoms with Crippen molar-refractivity contribution in [3.05, 3.63) is 0 Å². The number of nitrogens with one attached hydrogen (secondary N) is 1. The molecule has 0 aromatic rings. The molecule has 0 radical (unpaired) electrons. The van der Waals surface area contributed by atoms with Crippen molar-refractivity contribution in [3.63, 3.8) is 0 Å². The minimum Gasteiger partial charge on any atom is -0.375 e. The zero-order chi connectivity index (χ0) is 7.90. The zero-order valence-electron chi connectivity index (χ0n) is 6.38. The fourth-order valence-corrected chi connectivity index (χ4v) is 2.21. The Morgan fingerprint density at radius 2 is 1.91 bits per heavy atom. The van der Waals surface area contributed by atoms with Crippen LogP contribution in [0.5, 0.6) is 0 Å². The average molecular weight is 152 g/mol. The Hall–Kier alpha value is -0.590. The molecule has 0 spiro atoms. The molecule has 2 unspecified atom stereocenters. The van der Waals surface area contributed by atoms with Gasteiger partial charge in [0.25, 0.3) is 0 Å². The van der Waals surface area contributed by atoms with Crippen molar-refractivity contribution in [3.8, 4) is 6.07 Å². The summed E-state index contributed by atoms with van der Waals surface area (Å²) in [4.78, 5) is 0. The summed E-state index contributed by atoms with van der Waals surface area (Å²) in [6.45, 7) is 0. The highest BCUT2D eigenvalue weighted by Crippen LogP contribution is 2.33. The molecule has 0 aromatic heterocycles. The number of nitrogens with zero attached hydrogens (tertiary/aromatic N) is 1. The third-order valence-electron chi connectivity index (χ3n) is 2.71. The number of hydrogen-bond acceptors (Lipinski definition) is 3. The van der Waals surface area contributed by atoms with Crippen molar-refractivity contribution in [2.45, 2.75) is 43.4 Å². The van der Waals surface area contributed by atoms with E-state index < -0.39 is 5.60 Å². The van der Waals surface area contributed by atoms with Gasteiger partial charge in [0, 0.05) is 24.9 Å². The van der Waals surface area contributed by atoms with Gasteiger partial charge in [-0.2, -0.15) is 5.26 Å². The maximum Gasteiger partial charge on any atom is 0.154 e. The Kier molecular flexibility index (Phi) is 1.41. The quantitative estimate of drug-likeness (QED) is 0.486. The summed E-state index contributed by atoms with van der Waals surface area (Å²) in [7, 11) is 0. The number of aliphatic hydroxyl groups is 1. The molecule has 3 heteroatoms. The Balaban J connectivity index is 2.15. The molecule has 0 amide bonds. The monoisotopic (exact) mass is 152 g/mol. The molecule has 0 aliphatic carbocycles. The fourth-order valence-electron chi connectivity index (χ4n) is 2.21. The zero-order valence-corrected chi connectivity index (χ0v) is 6.38. The van der Waals surface area contributed by atoms with E-state index in [4.69, 9.17) is 5.26 Å². The van der Waals surface area contributed by atoms with Crippen molar-refractivity contribution < 1.29 is 5.11 Å². The van der Waals surface area contributed by atoms with Gasteiger partial charge in [-0.15, -0.1) is 0 Å². The largest absolute Gasteiger partial charge is 0.375 e. The van der Waals surface area contributed by atoms with Crippen LogP contribution in [-0.2, 0) is 0 Å². The predicted octanol–water partition coefficient (Wildman–Crippen LogP) is 0.155. The van der Waals surface area contributed by atoms with Crippen LogP contribution in [0.4, 0.5) is 0 Å². The number of hydrogen-bond donors (Lipinski definition) is 2. The molecule has 2 aliphatic heterocycles. The van der Waals surface area contributed by atoms with Crippen LogP contribution in [-0.4, -0.2) is 22.8 Å². The minimum absolute atomic E-state index is 0.387. The summed E-state index contributed by atoms with van der Waals surface area (Å²) in [5.41, 5.74) is -1.03. The van der Waals surface area contributed by atoms with Crippen LogP contribution in [0.1, 0.15) is 25.7 Å². The Labute approximate surface area is 66.0 Å². The number of fused-ring (bicyclic) bond motifs is 2. The summed E-state index contributed by atoms with van der Waals surface area (Å²) >= 11 is 0. The molecule has 0 aromatic carbocycles. The lowest BCUT2D eigenvalue weighted by Crippen LogP contribution is -2.47. The van der Waals surface area contributed by atoms with Crippen LogP contribution in [0.25, 0.3) is 0 Å². The molecular formula is C8H12N2O. The molecule has 2 aliphatic rings. The average Bonchev–Trinajstić information content (AvgIpc) is 2.31. The first-order valence-electron chi connectivity index (χ1n) is 4.11. The van der Waals surface area contributed by atoms with E-state index >= 15 is 0 Å². The van der Waals surface area contributed by atoms with Crippen molar-refractivity contribution in [2.24, 2.45) is 0 Å². The second-order valence-electron chi connectivity index (χ2n) is 3.69. The first-order chi connectivity index (χ1) is 5.22. The summed E-state index contributed by atoms with van der Waals surface area (Å²) in [5, 5.41) is 21.7. The number of nitriles is 1. The maximum atomic E-state index is 9.66. The molecule has 2 bridgehead atoms. The Bertz CT molecular complexity index is 197. The van der Waals surface area contributed by atoms with Gasteiger partial charge in [-0.25, -0.2) is 0 Å². The first kappa shape index (κ1) is 7.08. The van der Waals surface area contributed by atoms with E-state index in [0.717, 1.165) is 12.8 Å². The van der Waals surface area contributed by atoms with Gasteiger partial charge >= 0.3 is 0 Å². The third kappa shape index (κ3) is 1.13. The standard InChI is InChI=1S/C8H12N2O/c9-5-8(11)3-6-1-2-7(4-8)10-6/h6-7,10-11H,1-4H2. The predicted molar refractivity (Wildman–Crippen MR) is 39.7 cm³/mol. The van der Waals surface area contributed by atoms with Gasteiger partial charge < -0.3 is 10.4 Å². The summed E-state index contributed by atoms with van der Waals surface area (Å²) in [6, 6.07) is 2.77. The van der Waals surface area contributed by atoms with Crippen molar-refractivity contribution in [1.82, 2.24) is 5.32 Å². The van der Waals surface area contributed by atoms with Gasteiger partial charge in [-0.3, -0.25) is 0 Å². The molecule has 2 saturated heterocycles.